The molecule has 1 aromatic carbocycles. The number of hydrogen-bond acceptors (Lipinski definition) is 6. The van der Waals surface area contributed by atoms with Gasteiger partial charge in [0.2, 0.25) is 15.9 Å². The van der Waals surface area contributed by atoms with Gasteiger partial charge in [-0.05, 0) is 57.2 Å². The largest absolute Gasteiger partial charge is 0.370 e. The van der Waals surface area contributed by atoms with Gasteiger partial charge in [-0.25, -0.2) is 8.42 Å². The van der Waals surface area contributed by atoms with Crippen molar-refractivity contribution >= 4 is 38.6 Å². The number of anilines is 2. The maximum Gasteiger partial charge on any atom is 0.307 e. The number of amides is 1. The molecule has 1 amide bonds. The van der Waals surface area contributed by atoms with Crippen LogP contribution in [0.3, 0.4) is 0 Å². The molecular formula is C22H30N4O4S2. The molecule has 0 unspecified atom stereocenters. The van der Waals surface area contributed by atoms with Crippen LogP contribution in [0.25, 0.3) is 0 Å². The molecule has 0 spiro atoms. The van der Waals surface area contributed by atoms with Gasteiger partial charge in [0.15, 0.2) is 0 Å². The fourth-order valence-corrected chi connectivity index (χ4v) is 6.65. The normalized spacial score (nSPS) is 18.0. The van der Waals surface area contributed by atoms with Crippen molar-refractivity contribution in [2.45, 2.75) is 56.9 Å². The maximum atomic E-state index is 13.2. The Hall–Kier alpha value is -2.17. The van der Waals surface area contributed by atoms with Crippen LogP contribution in [0.2, 0.25) is 0 Å². The third-order valence-electron chi connectivity index (χ3n) is 6.17. The summed E-state index contributed by atoms with van der Waals surface area (Å²) in [7, 11) is -3.62. The summed E-state index contributed by atoms with van der Waals surface area (Å²) in [5.41, 5.74) is 2.04. The van der Waals surface area contributed by atoms with E-state index in [1.54, 1.807) is 30.5 Å². The Balaban J connectivity index is 1.64. The van der Waals surface area contributed by atoms with Gasteiger partial charge in [-0.1, -0.05) is 17.8 Å². The van der Waals surface area contributed by atoms with Gasteiger partial charge < -0.3 is 10.2 Å². The van der Waals surface area contributed by atoms with Crippen molar-refractivity contribution in [1.82, 2.24) is 8.87 Å². The number of rotatable bonds is 6. The number of benzene rings is 1. The van der Waals surface area contributed by atoms with Crippen LogP contribution in [0.1, 0.15) is 44.2 Å². The first-order valence-electron chi connectivity index (χ1n) is 11.2. The number of nitrogens with one attached hydrogen (secondary N) is 1. The number of aromatic nitrogens is 1. The SMILES string of the molecule is Cc1csc(=O)n1CC(=O)Nc1cc(S(=O)(=O)N2CCCCC2)ccc1N1CCCCC1. The number of carbonyl (C=O) groups excluding carboxylic acids is 1. The van der Waals surface area contributed by atoms with E-state index in [2.05, 4.69) is 10.2 Å². The molecule has 0 bridgehead atoms. The third kappa shape index (κ3) is 4.92. The van der Waals surface area contributed by atoms with Crippen molar-refractivity contribution in [2.24, 2.45) is 0 Å². The lowest BCUT2D eigenvalue weighted by molar-refractivity contribution is -0.116. The minimum absolute atomic E-state index is 0.100. The second-order valence-corrected chi connectivity index (χ2v) is 11.2. The highest BCUT2D eigenvalue weighted by atomic mass is 32.2. The summed E-state index contributed by atoms with van der Waals surface area (Å²) in [4.78, 5) is 27.1. The summed E-state index contributed by atoms with van der Waals surface area (Å²) in [6, 6.07) is 5.03. The Bertz CT molecular complexity index is 1130. The van der Waals surface area contributed by atoms with Gasteiger partial charge >= 0.3 is 4.87 Å². The van der Waals surface area contributed by atoms with Crippen LogP contribution in [0, 0.1) is 6.92 Å². The molecule has 2 aliphatic heterocycles. The number of thiazole rings is 1. The fraction of sp³-hybridized carbons (Fsp3) is 0.545. The summed E-state index contributed by atoms with van der Waals surface area (Å²) in [6.45, 7) is 4.47. The third-order valence-corrected chi connectivity index (χ3v) is 8.95. The highest BCUT2D eigenvalue weighted by molar-refractivity contribution is 7.89. The first kappa shape index (κ1) is 23.0. The number of hydrogen-bond donors (Lipinski definition) is 1. The zero-order chi connectivity index (χ0) is 22.7. The van der Waals surface area contributed by atoms with Gasteiger partial charge in [0.1, 0.15) is 6.54 Å². The zero-order valence-corrected chi connectivity index (χ0v) is 20.0. The molecule has 1 aromatic heterocycles. The van der Waals surface area contributed by atoms with E-state index in [0.29, 0.717) is 18.8 Å². The minimum atomic E-state index is -3.62. The summed E-state index contributed by atoms with van der Waals surface area (Å²) in [6.07, 6.45) is 6.06. The van der Waals surface area contributed by atoms with E-state index in [1.807, 2.05) is 0 Å². The van der Waals surface area contributed by atoms with Crippen LogP contribution in [0.4, 0.5) is 11.4 Å². The number of aryl methyl sites for hydroxylation is 1. The van der Waals surface area contributed by atoms with E-state index in [0.717, 1.165) is 67.9 Å². The van der Waals surface area contributed by atoms with Crippen LogP contribution in [0.15, 0.2) is 33.3 Å². The van der Waals surface area contributed by atoms with E-state index >= 15 is 0 Å². The van der Waals surface area contributed by atoms with Gasteiger partial charge in [-0.2, -0.15) is 4.31 Å². The van der Waals surface area contributed by atoms with Crippen molar-refractivity contribution in [3.8, 4) is 0 Å². The van der Waals surface area contributed by atoms with E-state index in [-0.39, 0.29) is 22.2 Å². The van der Waals surface area contributed by atoms with E-state index in [1.165, 1.54) is 15.3 Å². The standard InChI is InChI=1S/C22H30N4O4S2/c1-17-16-31-22(28)26(17)15-21(27)23-19-14-18(32(29,30)25-12-6-3-7-13-25)8-9-20(19)24-10-4-2-5-11-24/h8-9,14,16H,2-7,10-13,15H2,1H3,(H,23,27). The second-order valence-electron chi connectivity index (χ2n) is 8.47. The second kappa shape index (κ2) is 9.76. The first-order valence-corrected chi connectivity index (χ1v) is 13.5. The molecule has 2 aromatic rings. The monoisotopic (exact) mass is 478 g/mol. The molecule has 2 aliphatic rings. The van der Waals surface area contributed by atoms with Crippen molar-refractivity contribution in [3.05, 3.63) is 38.9 Å². The summed E-state index contributed by atoms with van der Waals surface area (Å²) in [5.74, 6) is -0.348. The molecule has 8 nitrogen and oxygen atoms in total. The van der Waals surface area contributed by atoms with Crippen LogP contribution >= 0.6 is 11.3 Å². The predicted molar refractivity (Wildman–Crippen MR) is 127 cm³/mol. The molecular weight excluding hydrogens is 448 g/mol. The van der Waals surface area contributed by atoms with E-state index in [4.69, 9.17) is 0 Å². The van der Waals surface area contributed by atoms with Crippen LogP contribution in [-0.4, -0.2) is 49.4 Å². The molecule has 2 fully saturated rings. The molecule has 10 heteroatoms. The van der Waals surface area contributed by atoms with Crippen molar-refractivity contribution in [1.29, 1.82) is 0 Å². The molecule has 0 saturated carbocycles. The maximum absolute atomic E-state index is 13.2. The Morgan fingerprint density at radius 1 is 1.03 bits per heavy atom. The van der Waals surface area contributed by atoms with Crippen LogP contribution < -0.4 is 15.1 Å². The minimum Gasteiger partial charge on any atom is -0.370 e. The zero-order valence-electron chi connectivity index (χ0n) is 18.4. The lowest BCUT2D eigenvalue weighted by atomic mass is 10.1. The number of piperidine rings is 2. The van der Waals surface area contributed by atoms with Crippen molar-refractivity contribution in [2.75, 3.05) is 36.4 Å². The Labute approximate surface area is 192 Å². The smallest absolute Gasteiger partial charge is 0.307 e. The topological polar surface area (TPSA) is 91.7 Å². The van der Waals surface area contributed by atoms with E-state index < -0.39 is 10.0 Å². The van der Waals surface area contributed by atoms with Gasteiger partial charge in [0, 0.05) is 37.3 Å². The number of nitrogens with zero attached hydrogens (tertiary/aromatic N) is 3. The predicted octanol–water partition coefficient (Wildman–Crippen LogP) is 3.02. The van der Waals surface area contributed by atoms with Gasteiger partial charge in [0.25, 0.3) is 0 Å². The molecule has 0 radical (unpaired) electrons. The molecule has 32 heavy (non-hydrogen) atoms. The lowest BCUT2D eigenvalue weighted by Gasteiger charge is -2.31. The summed E-state index contributed by atoms with van der Waals surface area (Å²) < 4.78 is 29.4. The molecule has 4 rings (SSSR count). The van der Waals surface area contributed by atoms with Crippen molar-refractivity contribution < 1.29 is 13.2 Å². The number of carbonyl (C=O) groups is 1. The first-order chi connectivity index (χ1) is 15.4. The average molecular weight is 479 g/mol. The van der Waals surface area contributed by atoms with E-state index in [9.17, 15) is 18.0 Å². The van der Waals surface area contributed by atoms with Crippen LogP contribution in [0.5, 0.6) is 0 Å². The Morgan fingerprint density at radius 3 is 2.31 bits per heavy atom. The Kier molecular flexibility index (Phi) is 7.02. The summed E-state index contributed by atoms with van der Waals surface area (Å²) >= 11 is 1.06. The molecule has 0 atom stereocenters. The quantitative estimate of drug-likeness (QED) is 0.689. The average Bonchev–Trinajstić information content (AvgIpc) is 3.12. The molecule has 0 aliphatic carbocycles. The molecule has 1 N–H and O–H groups in total. The molecule has 3 heterocycles. The van der Waals surface area contributed by atoms with Gasteiger partial charge in [0.05, 0.1) is 16.3 Å². The number of sulfonamides is 1. The lowest BCUT2D eigenvalue weighted by Crippen LogP contribution is -2.36. The van der Waals surface area contributed by atoms with Crippen molar-refractivity contribution in [3.63, 3.8) is 0 Å². The fourth-order valence-electron chi connectivity index (χ4n) is 4.37. The van der Waals surface area contributed by atoms with Crippen LogP contribution in [-0.2, 0) is 21.4 Å². The highest BCUT2D eigenvalue weighted by Gasteiger charge is 2.27. The molecule has 174 valence electrons. The highest BCUT2D eigenvalue weighted by Crippen LogP contribution is 2.32. The van der Waals surface area contributed by atoms with Gasteiger partial charge in [-0.3, -0.25) is 14.2 Å². The Morgan fingerprint density at radius 2 is 1.69 bits per heavy atom. The van der Waals surface area contributed by atoms with Gasteiger partial charge in [-0.15, -0.1) is 0 Å². The summed E-state index contributed by atoms with van der Waals surface area (Å²) in [5, 5.41) is 4.62. The molecule has 2 saturated heterocycles.